The van der Waals surface area contributed by atoms with Gasteiger partial charge in [0.25, 0.3) is 0 Å². The molecule has 0 aliphatic heterocycles. The summed E-state index contributed by atoms with van der Waals surface area (Å²) in [6.45, 7) is 2.11. The van der Waals surface area contributed by atoms with Crippen LogP contribution in [0.25, 0.3) is 0 Å². The fourth-order valence-corrected chi connectivity index (χ4v) is 2.60. The highest BCUT2D eigenvalue weighted by atomic mass is 16.3. The first-order valence-electron chi connectivity index (χ1n) is 7.28. The zero-order valence-electron chi connectivity index (χ0n) is 12.8. The number of hydrogen-bond donors (Lipinski definition) is 3. The number of carbonyl (C=O) groups is 1. The van der Waals surface area contributed by atoms with Crippen molar-refractivity contribution in [1.82, 2.24) is 5.32 Å². The molecule has 2 rings (SSSR count). The van der Waals surface area contributed by atoms with Crippen LogP contribution in [0.5, 0.6) is 5.75 Å². The number of ketones is 1. The van der Waals surface area contributed by atoms with Gasteiger partial charge in [-0.05, 0) is 57.0 Å². The van der Waals surface area contributed by atoms with Crippen LogP contribution in [0.4, 0.5) is 0 Å². The molecule has 0 radical (unpaired) electrons. The number of nitrogens with two attached hydrogens (primary N) is 1. The van der Waals surface area contributed by atoms with Gasteiger partial charge >= 0.3 is 0 Å². The molecule has 0 fully saturated rings. The van der Waals surface area contributed by atoms with Gasteiger partial charge in [-0.25, -0.2) is 0 Å². The lowest BCUT2D eigenvalue weighted by Crippen LogP contribution is -2.13. The van der Waals surface area contributed by atoms with Crippen LogP contribution in [0, 0.1) is 0 Å². The molecule has 20 heavy (non-hydrogen) atoms. The maximum atomic E-state index is 11.8. The largest absolute Gasteiger partial charge is 0.507 e. The van der Waals surface area contributed by atoms with Gasteiger partial charge in [-0.1, -0.05) is 6.92 Å². The van der Waals surface area contributed by atoms with Crippen molar-refractivity contribution in [3.63, 3.8) is 0 Å². The van der Waals surface area contributed by atoms with Crippen LogP contribution in [0.2, 0.25) is 0 Å². The van der Waals surface area contributed by atoms with Crippen LogP contribution in [-0.2, 0) is 19.4 Å². The number of phenols is 1. The van der Waals surface area contributed by atoms with Gasteiger partial charge in [0.15, 0.2) is 5.78 Å². The minimum atomic E-state index is -0.00873. The molecular formula is C16H26N2O2. The Kier molecular flexibility index (Phi) is 6.68. The molecule has 1 aliphatic carbocycles. The van der Waals surface area contributed by atoms with E-state index in [2.05, 4.69) is 5.32 Å². The quantitative estimate of drug-likeness (QED) is 0.741. The zero-order valence-corrected chi connectivity index (χ0v) is 12.8. The van der Waals surface area contributed by atoms with Gasteiger partial charge in [-0.2, -0.15) is 0 Å². The number of aryl methyl sites for hydroxylation is 1. The second kappa shape index (κ2) is 8.02. The van der Waals surface area contributed by atoms with Crippen LogP contribution in [0.3, 0.4) is 0 Å². The Morgan fingerprint density at radius 1 is 1.35 bits per heavy atom. The Hall–Kier alpha value is -1.39. The summed E-state index contributed by atoms with van der Waals surface area (Å²) >= 11 is 0. The van der Waals surface area contributed by atoms with E-state index >= 15 is 0 Å². The van der Waals surface area contributed by atoms with Crippen molar-refractivity contribution in [2.24, 2.45) is 5.73 Å². The molecule has 1 aliphatic rings. The van der Waals surface area contributed by atoms with E-state index in [0.717, 1.165) is 31.2 Å². The molecule has 0 heterocycles. The van der Waals surface area contributed by atoms with E-state index in [1.165, 1.54) is 11.1 Å². The number of nitrogens with one attached hydrogen (secondary N) is 1. The lowest BCUT2D eigenvalue weighted by molar-refractivity contribution is 0.0985. The minimum Gasteiger partial charge on any atom is -0.507 e. The molecule has 1 aromatic rings. The van der Waals surface area contributed by atoms with Crippen molar-refractivity contribution in [1.29, 1.82) is 0 Å². The lowest BCUT2D eigenvalue weighted by Gasteiger charge is -2.21. The van der Waals surface area contributed by atoms with E-state index < -0.39 is 0 Å². The molecule has 0 aromatic heterocycles. The zero-order chi connectivity index (χ0) is 15.1. The maximum absolute atomic E-state index is 11.8. The number of phenolic OH excluding ortho intramolecular Hbond substituents is 1. The third-order valence-corrected chi connectivity index (χ3v) is 3.56. The summed E-state index contributed by atoms with van der Waals surface area (Å²) in [6, 6.07) is 1.87. The standard InChI is InChI=1S/C14H19NO2.C2H7N/c1-2-13(16)11-7-9-5-3-4-6-10(9)12(8-15)14(11)17;1-3-2/h7,17H,2-6,8,15H2,1H3;3H,1-2H3. The smallest absolute Gasteiger partial charge is 0.166 e. The van der Waals surface area contributed by atoms with Crippen molar-refractivity contribution < 1.29 is 9.90 Å². The fraction of sp³-hybridized carbons (Fsp3) is 0.562. The topological polar surface area (TPSA) is 75.4 Å². The summed E-state index contributed by atoms with van der Waals surface area (Å²) in [5.41, 5.74) is 9.31. The van der Waals surface area contributed by atoms with E-state index in [4.69, 9.17) is 5.73 Å². The SMILES string of the molecule is CCC(=O)c1cc2c(c(CN)c1O)CCCC2.CNC. The molecule has 4 heteroatoms. The number of aromatic hydroxyl groups is 1. The van der Waals surface area contributed by atoms with Gasteiger partial charge in [-0.15, -0.1) is 0 Å². The normalized spacial score (nSPS) is 13.2. The molecule has 0 amide bonds. The molecule has 4 N–H and O–H groups in total. The number of Topliss-reactive ketones (excluding diaryl/α,β-unsaturated/α-hetero) is 1. The van der Waals surface area contributed by atoms with Crippen LogP contribution in [-0.4, -0.2) is 25.0 Å². The summed E-state index contributed by atoms with van der Waals surface area (Å²) < 4.78 is 0. The van der Waals surface area contributed by atoms with Crippen molar-refractivity contribution >= 4 is 5.78 Å². The Morgan fingerprint density at radius 3 is 2.50 bits per heavy atom. The van der Waals surface area contributed by atoms with Crippen molar-refractivity contribution in [3.05, 3.63) is 28.3 Å². The summed E-state index contributed by atoms with van der Waals surface area (Å²) in [4.78, 5) is 11.8. The Morgan fingerprint density at radius 2 is 1.95 bits per heavy atom. The molecule has 4 nitrogen and oxygen atoms in total. The highest BCUT2D eigenvalue weighted by molar-refractivity contribution is 5.99. The first kappa shape index (κ1) is 16.7. The van der Waals surface area contributed by atoms with Gasteiger partial charge in [0.2, 0.25) is 0 Å². The van der Waals surface area contributed by atoms with E-state index in [0.29, 0.717) is 18.5 Å². The average molecular weight is 278 g/mol. The van der Waals surface area contributed by atoms with Crippen molar-refractivity contribution in [3.8, 4) is 5.75 Å². The van der Waals surface area contributed by atoms with Crippen LogP contribution in [0.15, 0.2) is 6.07 Å². The highest BCUT2D eigenvalue weighted by Crippen LogP contribution is 2.34. The third-order valence-electron chi connectivity index (χ3n) is 3.56. The predicted octanol–water partition coefficient (Wildman–Crippen LogP) is 2.16. The van der Waals surface area contributed by atoms with Crippen LogP contribution >= 0.6 is 0 Å². The van der Waals surface area contributed by atoms with Crippen LogP contribution < -0.4 is 11.1 Å². The van der Waals surface area contributed by atoms with Crippen molar-refractivity contribution in [2.75, 3.05) is 14.1 Å². The molecule has 0 bridgehead atoms. The summed E-state index contributed by atoms with van der Waals surface area (Å²) in [5.74, 6) is 0.102. The number of benzene rings is 1. The molecule has 112 valence electrons. The lowest BCUT2D eigenvalue weighted by atomic mass is 9.85. The van der Waals surface area contributed by atoms with Gasteiger partial charge < -0.3 is 16.2 Å². The maximum Gasteiger partial charge on any atom is 0.166 e. The summed E-state index contributed by atoms with van der Waals surface area (Å²) in [6.07, 6.45) is 4.67. The highest BCUT2D eigenvalue weighted by Gasteiger charge is 2.21. The van der Waals surface area contributed by atoms with Gasteiger partial charge in [0, 0.05) is 18.5 Å². The molecule has 1 aromatic carbocycles. The number of rotatable bonds is 3. The van der Waals surface area contributed by atoms with E-state index in [1.807, 2.05) is 27.1 Å². The minimum absolute atomic E-state index is 0.00873. The number of fused-ring (bicyclic) bond motifs is 1. The third kappa shape index (κ3) is 3.58. The van der Waals surface area contributed by atoms with Crippen molar-refractivity contribution in [2.45, 2.75) is 45.6 Å². The van der Waals surface area contributed by atoms with Crippen LogP contribution in [0.1, 0.15) is 53.2 Å². The van der Waals surface area contributed by atoms with Gasteiger partial charge in [-0.3, -0.25) is 4.79 Å². The first-order valence-corrected chi connectivity index (χ1v) is 7.28. The van der Waals surface area contributed by atoms with E-state index in [1.54, 1.807) is 0 Å². The predicted molar refractivity (Wildman–Crippen MR) is 82.2 cm³/mol. The Bertz CT molecular complexity index is 470. The molecule has 0 spiro atoms. The van der Waals surface area contributed by atoms with E-state index in [9.17, 15) is 9.90 Å². The summed E-state index contributed by atoms with van der Waals surface area (Å²) in [5, 5.41) is 12.9. The molecule has 0 unspecified atom stereocenters. The monoisotopic (exact) mass is 278 g/mol. The number of carbonyl (C=O) groups excluding carboxylic acids is 1. The molecule has 0 saturated heterocycles. The number of hydrogen-bond acceptors (Lipinski definition) is 4. The second-order valence-corrected chi connectivity index (χ2v) is 5.08. The molecule has 0 atom stereocenters. The Labute approximate surface area is 121 Å². The molecule has 0 saturated carbocycles. The van der Waals surface area contributed by atoms with Gasteiger partial charge in [0.1, 0.15) is 5.75 Å². The first-order chi connectivity index (χ1) is 9.60. The average Bonchev–Trinajstić information content (AvgIpc) is 2.46. The Balaban J connectivity index is 0.000000612. The van der Waals surface area contributed by atoms with E-state index in [-0.39, 0.29) is 11.5 Å². The summed E-state index contributed by atoms with van der Waals surface area (Å²) in [7, 11) is 3.75. The second-order valence-electron chi connectivity index (χ2n) is 5.08. The van der Waals surface area contributed by atoms with Gasteiger partial charge in [0.05, 0.1) is 5.56 Å². The molecular weight excluding hydrogens is 252 g/mol. The fourth-order valence-electron chi connectivity index (χ4n) is 2.60.